The van der Waals surface area contributed by atoms with Crippen molar-refractivity contribution in [2.24, 2.45) is 0 Å². The Morgan fingerprint density at radius 1 is 1.03 bits per heavy atom. The number of nitrogens with zero attached hydrogens (tertiary/aromatic N) is 5. The first-order valence-electron chi connectivity index (χ1n) is 8.97. The van der Waals surface area contributed by atoms with Crippen LogP contribution in [0.3, 0.4) is 0 Å². The highest BCUT2D eigenvalue weighted by molar-refractivity contribution is 7.98. The van der Waals surface area contributed by atoms with Crippen LogP contribution in [-0.4, -0.2) is 32.0 Å². The topological polar surface area (TPSA) is 78.9 Å². The van der Waals surface area contributed by atoms with Crippen LogP contribution in [0.2, 0.25) is 0 Å². The van der Waals surface area contributed by atoms with Gasteiger partial charge in [0.15, 0.2) is 16.8 Å². The van der Waals surface area contributed by atoms with Crippen molar-refractivity contribution in [1.82, 2.24) is 24.9 Å². The first-order valence-corrected chi connectivity index (χ1v) is 9.95. The summed E-state index contributed by atoms with van der Waals surface area (Å²) < 4.78 is 25.6. The molecule has 2 heterocycles. The number of aromatic nitrogens is 5. The van der Waals surface area contributed by atoms with Gasteiger partial charge in [-0.05, 0) is 55.5 Å². The Kier molecular flexibility index (Phi) is 5.57. The molecule has 2 aromatic heterocycles. The summed E-state index contributed by atoms with van der Waals surface area (Å²) in [5.41, 5.74) is 1.64. The molecule has 0 N–H and O–H groups in total. The van der Waals surface area contributed by atoms with Gasteiger partial charge in [0.2, 0.25) is 0 Å². The van der Waals surface area contributed by atoms with Crippen LogP contribution in [0.1, 0.15) is 12.7 Å². The van der Waals surface area contributed by atoms with Gasteiger partial charge in [-0.15, -0.1) is 10.2 Å². The lowest BCUT2D eigenvalue weighted by Gasteiger charge is -2.07. The zero-order chi connectivity index (χ0) is 20.2. The Morgan fingerprint density at radius 2 is 1.76 bits per heavy atom. The van der Waals surface area contributed by atoms with Crippen LogP contribution in [0, 0.1) is 5.82 Å². The lowest BCUT2D eigenvalue weighted by Crippen LogP contribution is -2.00. The van der Waals surface area contributed by atoms with E-state index in [9.17, 15) is 4.39 Å². The van der Waals surface area contributed by atoms with Crippen molar-refractivity contribution >= 4 is 11.8 Å². The number of methoxy groups -OCH3 is 1. The van der Waals surface area contributed by atoms with E-state index in [-0.39, 0.29) is 5.82 Å². The quantitative estimate of drug-likeness (QED) is 0.416. The van der Waals surface area contributed by atoms with Crippen LogP contribution in [0.5, 0.6) is 5.75 Å². The average Bonchev–Trinajstić information content (AvgIpc) is 3.39. The van der Waals surface area contributed by atoms with Crippen molar-refractivity contribution in [3.8, 4) is 28.6 Å². The minimum absolute atomic E-state index is 0.310. The molecule has 4 rings (SSSR count). The van der Waals surface area contributed by atoms with Gasteiger partial charge in [-0.2, -0.15) is 4.98 Å². The van der Waals surface area contributed by atoms with Crippen LogP contribution in [-0.2, 0) is 12.3 Å². The number of thioether (sulfide) groups is 1. The monoisotopic (exact) mass is 411 g/mol. The Balaban J connectivity index is 1.49. The van der Waals surface area contributed by atoms with Gasteiger partial charge in [0.05, 0.1) is 12.9 Å². The summed E-state index contributed by atoms with van der Waals surface area (Å²) in [4.78, 5) is 4.37. The molecule has 0 radical (unpaired) electrons. The van der Waals surface area contributed by atoms with Gasteiger partial charge in [-0.25, -0.2) is 4.39 Å². The Labute approximate surface area is 170 Å². The number of rotatable bonds is 7. The number of ether oxygens (including phenoxy) is 1. The molecule has 0 atom stereocenters. The highest BCUT2D eigenvalue weighted by Crippen LogP contribution is 2.27. The van der Waals surface area contributed by atoms with E-state index in [0.29, 0.717) is 23.0 Å². The second-order valence-corrected chi connectivity index (χ2v) is 7.03. The number of hydrogen-bond donors (Lipinski definition) is 0. The summed E-state index contributed by atoms with van der Waals surface area (Å²) in [5, 5.41) is 13.4. The van der Waals surface area contributed by atoms with Crippen LogP contribution in [0.4, 0.5) is 4.39 Å². The summed E-state index contributed by atoms with van der Waals surface area (Å²) >= 11 is 1.48. The van der Waals surface area contributed by atoms with Crippen LogP contribution in [0.15, 0.2) is 58.2 Å². The van der Waals surface area contributed by atoms with Gasteiger partial charge in [0.25, 0.3) is 5.89 Å². The van der Waals surface area contributed by atoms with Crippen molar-refractivity contribution < 1.29 is 13.7 Å². The first kappa shape index (κ1) is 19.1. The summed E-state index contributed by atoms with van der Waals surface area (Å²) in [6, 6.07) is 13.6. The Morgan fingerprint density at radius 3 is 2.45 bits per heavy atom. The summed E-state index contributed by atoms with van der Waals surface area (Å²) in [7, 11) is 1.64. The highest BCUT2D eigenvalue weighted by atomic mass is 32.2. The molecule has 0 aliphatic rings. The molecule has 4 aromatic rings. The van der Waals surface area contributed by atoms with E-state index < -0.39 is 0 Å². The smallest absolute Gasteiger partial charge is 0.257 e. The highest BCUT2D eigenvalue weighted by Gasteiger charge is 2.15. The molecule has 2 aromatic carbocycles. The van der Waals surface area contributed by atoms with Gasteiger partial charge in [0, 0.05) is 17.7 Å². The fourth-order valence-corrected chi connectivity index (χ4v) is 3.63. The Bertz CT molecular complexity index is 1090. The van der Waals surface area contributed by atoms with E-state index in [2.05, 4.69) is 20.3 Å². The number of halogens is 1. The van der Waals surface area contributed by atoms with E-state index in [0.717, 1.165) is 28.8 Å². The van der Waals surface area contributed by atoms with Crippen molar-refractivity contribution in [3.63, 3.8) is 0 Å². The fourth-order valence-electron chi connectivity index (χ4n) is 2.79. The predicted octanol–water partition coefficient (Wildman–Crippen LogP) is 4.46. The van der Waals surface area contributed by atoms with Gasteiger partial charge in [0.1, 0.15) is 11.6 Å². The molecule has 0 aliphatic heterocycles. The zero-order valence-corrected chi connectivity index (χ0v) is 16.7. The third kappa shape index (κ3) is 4.14. The van der Waals surface area contributed by atoms with Crippen molar-refractivity contribution in [3.05, 3.63) is 60.2 Å². The standard InChI is InChI=1S/C20H18FN5O2S/c1-3-26-18(13-6-10-16(27-2)11-7-13)23-24-20(26)29-12-17-22-19(28-25-17)14-4-8-15(21)9-5-14/h4-11H,3,12H2,1-2H3. The molecule has 148 valence electrons. The maximum Gasteiger partial charge on any atom is 0.257 e. The number of benzene rings is 2. The molecule has 0 saturated heterocycles. The fraction of sp³-hybridized carbons (Fsp3) is 0.200. The molecule has 29 heavy (non-hydrogen) atoms. The van der Waals surface area contributed by atoms with E-state index in [1.807, 2.05) is 35.8 Å². The van der Waals surface area contributed by atoms with Gasteiger partial charge in [-0.3, -0.25) is 0 Å². The van der Waals surface area contributed by atoms with E-state index in [1.54, 1.807) is 19.2 Å². The third-order valence-electron chi connectivity index (χ3n) is 4.27. The van der Waals surface area contributed by atoms with E-state index in [1.165, 1.54) is 23.9 Å². The summed E-state index contributed by atoms with van der Waals surface area (Å²) in [5.74, 6) is 2.64. The second-order valence-electron chi connectivity index (χ2n) is 6.09. The molecule has 0 bridgehead atoms. The summed E-state index contributed by atoms with van der Waals surface area (Å²) in [6.07, 6.45) is 0. The van der Waals surface area contributed by atoms with Crippen LogP contribution < -0.4 is 4.74 Å². The first-order chi connectivity index (χ1) is 14.2. The second kappa shape index (κ2) is 8.44. The van der Waals surface area contributed by atoms with Crippen molar-refractivity contribution in [2.45, 2.75) is 24.4 Å². The molecule has 0 fully saturated rings. The minimum Gasteiger partial charge on any atom is -0.497 e. The molecular formula is C20H18FN5O2S. The van der Waals surface area contributed by atoms with E-state index in [4.69, 9.17) is 9.26 Å². The molecule has 0 aliphatic carbocycles. The van der Waals surface area contributed by atoms with E-state index >= 15 is 0 Å². The zero-order valence-electron chi connectivity index (χ0n) is 15.9. The molecule has 0 unspecified atom stereocenters. The van der Waals surface area contributed by atoms with Gasteiger partial charge >= 0.3 is 0 Å². The number of hydrogen-bond acceptors (Lipinski definition) is 7. The maximum atomic E-state index is 13.1. The van der Waals surface area contributed by atoms with Crippen LogP contribution >= 0.6 is 11.8 Å². The lowest BCUT2D eigenvalue weighted by molar-refractivity contribution is 0.415. The largest absolute Gasteiger partial charge is 0.497 e. The van der Waals surface area contributed by atoms with Gasteiger partial charge < -0.3 is 13.8 Å². The van der Waals surface area contributed by atoms with Crippen molar-refractivity contribution in [2.75, 3.05) is 7.11 Å². The third-order valence-corrected chi connectivity index (χ3v) is 5.23. The molecule has 0 spiro atoms. The summed E-state index contributed by atoms with van der Waals surface area (Å²) in [6.45, 7) is 2.77. The molecular weight excluding hydrogens is 393 g/mol. The average molecular weight is 411 g/mol. The minimum atomic E-state index is -0.310. The predicted molar refractivity (Wildman–Crippen MR) is 107 cm³/mol. The molecule has 7 nitrogen and oxygen atoms in total. The SMILES string of the molecule is CCn1c(SCc2noc(-c3ccc(F)cc3)n2)nnc1-c1ccc(OC)cc1. The molecule has 9 heteroatoms. The van der Waals surface area contributed by atoms with Gasteiger partial charge in [-0.1, -0.05) is 16.9 Å². The maximum absolute atomic E-state index is 13.1. The van der Waals surface area contributed by atoms with Crippen LogP contribution in [0.25, 0.3) is 22.8 Å². The lowest BCUT2D eigenvalue weighted by atomic mass is 10.2. The normalized spacial score (nSPS) is 11.0. The molecule has 0 saturated carbocycles. The Hall–Kier alpha value is -3.20. The van der Waals surface area contributed by atoms with Crippen molar-refractivity contribution in [1.29, 1.82) is 0 Å². The molecule has 0 amide bonds.